The van der Waals surface area contributed by atoms with Crippen LogP contribution in [0.25, 0.3) is 0 Å². The Bertz CT molecular complexity index is 1270. The van der Waals surface area contributed by atoms with Crippen LogP contribution < -0.4 is 9.47 Å². The number of allylic oxidation sites excluding steroid dienone is 1. The Hall–Kier alpha value is -3.12. The quantitative estimate of drug-likeness (QED) is 0.111. The highest BCUT2D eigenvalue weighted by atomic mass is 16.7. The van der Waals surface area contributed by atoms with E-state index in [1.54, 1.807) is 18.0 Å². The molecule has 1 amide bonds. The number of unbranched alkanes of at least 4 members (excludes halogenated alkanes) is 2. The van der Waals surface area contributed by atoms with Gasteiger partial charge >= 0.3 is 6.09 Å². The summed E-state index contributed by atoms with van der Waals surface area (Å²) in [6, 6.07) is 5.43. The molecule has 6 atom stereocenters. The Morgan fingerprint density at radius 3 is 2.61 bits per heavy atom. The van der Waals surface area contributed by atoms with Gasteiger partial charge in [-0.1, -0.05) is 30.1 Å². The van der Waals surface area contributed by atoms with Crippen molar-refractivity contribution in [2.75, 3.05) is 67.3 Å². The molecule has 2 fully saturated rings. The lowest BCUT2D eigenvalue weighted by Gasteiger charge is -2.59. The number of fused-ring (bicyclic) bond motifs is 2. The molecule has 1 saturated carbocycles. The molecule has 1 aromatic rings. The van der Waals surface area contributed by atoms with Gasteiger partial charge in [-0.05, 0) is 61.3 Å². The van der Waals surface area contributed by atoms with Crippen molar-refractivity contribution in [2.24, 2.45) is 22.9 Å². The van der Waals surface area contributed by atoms with Crippen molar-refractivity contribution in [3.8, 4) is 11.5 Å². The van der Waals surface area contributed by atoms with Gasteiger partial charge in [-0.25, -0.2) is 4.79 Å². The molecule has 2 aliphatic heterocycles. The zero-order chi connectivity index (χ0) is 32.7. The minimum Gasteiger partial charge on any atom is -0.492 e. The SMILES string of the molecule is C=CCO[C@@]12Oc3ccc(OCCN4CC4)cc3[C@H]3[C@H](CCCCO)[C@@H](CCCCO)C=C(C(=NOC)C[C@@H]1N(C)C(=O)OC)[C@H]32. The van der Waals surface area contributed by atoms with Gasteiger partial charge in [0.2, 0.25) is 5.79 Å². The van der Waals surface area contributed by atoms with Gasteiger partial charge in [-0.15, -0.1) is 6.58 Å². The molecule has 5 rings (SSSR count). The fourth-order valence-corrected chi connectivity index (χ4v) is 7.79. The number of amides is 1. The van der Waals surface area contributed by atoms with Crippen LogP contribution in [0.5, 0.6) is 11.5 Å². The molecule has 2 heterocycles. The first-order chi connectivity index (χ1) is 22.4. The molecule has 11 heteroatoms. The molecule has 0 spiro atoms. The van der Waals surface area contributed by atoms with E-state index < -0.39 is 17.9 Å². The standard InChI is InChI=1S/C35H51N3O8/c1-5-19-45-35-31(37(2)34(41)42-3)23-29(36-43-4)27-21-24(10-6-8-17-39)26(11-7-9-18-40)32(33(27)35)28-22-25(12-13-30(28)46-35)44-20-16-38-14-15-38/h5,12-13,21-22,24,26,31-33,39-40H,1,6-11,14-20,23H2,2-4H3/t24-,26+,31-,32+,33+,35+/m0/s1. The highest BCUT2D eigenvalue weighted by Gasteiger charge is 2.65. The molecule has 254 valence electrons. The third-order valence-corrected chi connectivity index (χ3v) is 9.99. The molecular formula is C35H51N3O8. The monoisotopic (exact) mass is 641 g/mol. The first kappa shape index (κ1) is 34.2. The third kappa shape index (κ3) is 7.07. The minimum atomic E-state index is -1.28. The van der Waals surface area contributed by atoms with Gasteiger partial charge in [0.15, 0.2) is 0 Å². The van der Waals surface area contributed by atoms with E-state index >= 15 is 0 Å². The molecule has 2 aliphatic carbocycles. The fourth-order valence-electron chi connectivity index (χ4n) is 7.79. The van der Waals surface area contributed by atoms with Crippen molar-refractivity contribution in [2.45, 2.75) is 62.7 Å². The normalized spacial score (nSPS) is 28.8. The lowest BCUT2D eigenvalue weighted by molar-refractivity contribution is -0.253. The lowest BCUT2D eigenvalue weighted by Crippen LogP contribution is -2.69. The Labute approximate surface area is 272 Å². The Morgan fingerprint density at radius 2 is 1.93 bits per heavy atom. The Balaban J connectivity index is 1.69. The van der Waals surface area contributed by atoms with E-state index in [-0.39, 0.29) is 43.5 Å². The van der Waals surface area contributed by atoms with E-state index in [0.717, 1.165) is 74.3 Å². The number of carbonyl (C=O) groups excluding carboxylic acids is 1. The van der Waals surface area contributed by atoms with Crippen molar-refractivity contribution in [1.29, 1.82) is 0 Å². The second kappa shape index (κ2) is 15.6. The van der Waals surface area contributed by atoms with Gasteiger partial charge in [-0.3, -0.25) is 4.90 Å². The minimum absolute atomic E-state index is 0.0852. The predicted octanol–water partition coefficient (Wildman–Crippen LogP) is 4.34. The second-order valence-corrected chi connectivity index (χ2v) is 12.7. The van der Waals surface area contributed by atoms with Crippen LogP contribution in [0.3, 0.4) is 0 Å². The zero-order valence-electron chi connectivity index (χ0n) is 27.6. The third-order valence-electron chi connectivity index (χ3n) is 9.99. The van der Waals surface area contributed by atoms with Crippen LogP contribution in [0.15, 0.2) is 47.7 Å². The number of nitrogens with zero attached hydrogens (tertiary/aromatic N) is 3. The van der Waals surface area contributed by atoms with Crippen molar-refractivity contribution in [1.82, 2.24) is 9.80 Å². The topological polar surface area (TPSA) is 122 Å². The average Bonchev–Trinajstić information content (AvgIpc) is 3.90. The number of methoxy groups -OCH3 is 1. The van der Waals surface area contributed by atoms with Crippen LogP contribution in [0.2, 0.25) is 0 Å². The van der Waals surface area contributed by atoms with E-state index in [0.29, 0.717) is 25.2 Å². The molecular weight excluding hydrogens is 590 g/mol. The highest BCUT2D eigenvalue weighted by molar-refractivity contribution is 6.02. The second-order valence-electron chi connectivity index (χ2n) is 12.7. The maximum atomic E-state index is 13.1. The summed E-state index contributed by atoms with van der Waals surface area (Å²) in [4.78, 5) is 22.4. The van der Waals surface area contributed by atoms with Crippen LogP contribution in [-0.2, 0) is 14.3 Å². The van der Waals surface area contributed by atoms with Crippen LogP contribution in [0.1, 0.15) is 56.4 Å². The number of oxime groups is 1. The molecule has 1 saturated heterocycles. The van der Waals surface area contributed by atoms with E-state index in [2.05, 4.69) is 28.8 Å². The molecule has 11 nitrogen and oxygen atoms in total. The number of hydrogen-bond acceptors (Lipinski definition) is 10. The van der Waals surface area contributed by atoms with Gasteiger partial charge in [-0.2, -0.15) is 0 Å². The van der Waals surface area contributed by atoms with E-state index in [1.165, 1.54) is 14.2 Å². The summed E-state index contributed by atoms with van der Waals surface area (Å²) in [7, 11) is 4.60. The highest BCUT2D eigenvalue weighted by Crippen LogP contribution is 2.61. The fraction of sp³-hybridized carbons (Fsp3) is 0.657. The summed E-state index contributed by atoms with van der Waals surface area (Å²) >= 11 is 0. The Morgan fingerprint density at radius 1 is 1.17 bits per heavy atom. The molecule has 0 radical (unpaired) electrons. The van der Waals surface area contributed by atoms with Gasteiger partial charge < -0.3 is 38.9 Å². The van der Waals surface area contributed by atoms with Gasteiger partial charge in [0.05, 0.1) is 25.3 Å². The van der Waals surface area contributed by atoms with Crippen molar-refractivity contribution in [3.05, 3.63) is 48.1 Å². The van der Waals surface area contributed by atoms with Crippen LogP contribution >= 0.6 is 0 Å². The number of rotatable bonds is 17. The number of aliphatic hydroxyl groups is 2. The molecule has 0 unspecified atom stereocenters. The number of benzene rings is 1. The summed E-state index contributed by atoms with van der Waals surface area (Å²) in [6.07, 6.45) is 8.78. The van der Waals surface area contributed by atoms with E-state index in [1.807, 2.05) is 12.1 Å². The smallest absolute Gasteiger partial charge is 0.409 e. The number of ether oxygens (including phenoxy) is 4. The molecule has 46 heavy (non-hydrogen) atoms. The van der Waals surface area contributed by atoms with Crippen LogP contribution in [0, 0.1) is 17.8 Å². The summed E-state index contributed by atoms with van der Waals surface area (Å²) in [5, 5.41) is 23.9. The summed E-state index contributed by atoms with van der Waals surface area (Å²) in [5.74, 6) is 0.108. The largest absolute Gasteiger partial charge is 0.492 e. The zero-order valence-corrected chi connectivity index (χ0v) is 27.6. The summed E-state index contributed by atoms with van der Waals surface area (Å²) in [6.45, 7) is 8.15. The number of carbonyl (C=O) groups is 1. The van der Waals surface area contributed by atoms with Gasteiger partial charge in [0.25, 0.3) is 0 Å². The maximum Gasteiger partial charge on any atom is 0.409 e. The first-order valence-corrected chi connectivity index (χ1v) is 16.7. The Kier molecular flexibility index (Phi) is 11.6. The number of hydrogen-bond donors (Lipinski definition) is 2. The molecule has 0 aromatic heterocycles. The van der Waals surface area contributed by atoms with Crippen molar-refractivity contribution in [3.63, 3.8) is 0 Å². The predicted molar refractivity (Wildman–Crippen MR) is 174 cm³/mol. The van der Waals surface area contributed by atoms with Crippen LogP contribution in [0.4, 0.5) is 4.79 Å². The first-order valence-electron chi connectivity index (χ1n) is 16.7. The van der Waals surface area contributed by atoms with Crippen molar-refractivity contribution < 1.29 is 38.8 Å². The number of aliphatic hydroxyl groups excluding tert-OH is 2. The van der Waals surface area contributed by atoms with Gasteiger partial charge in [0.1, 0.15) is 31.3 Å². The van der Waals surface area contributed by atoms with Gasteiger partial charge in [0, 0.05) is 57.8 Å². The lowest BCUT2D eigenvalue weighted by atomic mass is 9.55. The number of likely N-dealkylation sites (N-methyl/N-ethyl adjacent to an activating group) is 1. The van der Waals surface area contributed by atoms with E-state index in [4.69, 9.17) is 23.8 Å². The average molecular weight is 642 g/mol. The molecule has 0 bridgehead atoms. The van der Waals surface area contributed by atoms with Crippen LogP contribution in [-0.4, -0.2) is 111 Å². The summed E-state index contributed by atoms with van der Waals surface area (Å²) < 4.78 is 25.3. The molecule has 2 N–H and O–H groups in total. The maximum absolute atomic E-state index is 13.1. The van der Waals surface area contributed by atoms with E-state index in [9.17, 15) is 15.0 Å². The van der Waals surface area contributed by atoms with Crippen molar-refractivity contribution >= 4 is 11.8 Å². The molecule has 4 aliphatic rings. The molecule has 1 aromatic carbocycles. The summed E-state index contributed by atoms with van der Waals surface area (Å²) in [5.41, 5.74) is 2.78.